The summed E-state index contributed by atoms with van der Waals surface area (Å²) < 4.78 is 0. The Balaban J connectivity index is 2.24. The normalized spacial score (nSPS) is 23.7. The van der Waals surface area contributed by atoms with Crippen LogP contribution >= 0.6 is 0 Å². The van der Waals surface area contributed by atoms with E-state index in [0.29, 0.717) is 6.04 Å². The van der Waals surface area contributed by atoms with Gasteiger partial charge in [0.25, 0.3) is 0 Å². The SMILES string of the molecule is Cc1ccnc(C2CCCN2C)n1. The minimum Gasteiger partial charge on any atom is -0.296 e. The van der Waals surface area contributed by atoms with E-state index < -0.39 is 0 Å². The molecular weight excluding hydrogens is 162 g/mol. The number of likely N-dealkylation sites (tertiary alicyclic amines) is 1. The molecule has 1 fully saturated rings. The van der Waals surface area contributed by atoms with Gasteiger partial charge in [0.1, 0.15) is 5.82 Å². The van der Waals surface area contributed by atoms with Crippen molar-refractivity contribution < 1.29 is 0 Å². The molecule has 0 bridgehead atoms. The molecule has 1 unspecified atom stereocenters. The molecule has 0 amide bonds. The number of rotatable bonds is 1. The Labute approximate surface area is 78.8 Å². The van der Waals surface area contributed by atoms with Crippen LogP contribution in [-0.4, -0.2) is 28.5 Å². The van der Waals surface area contributed by atoms with Crippen molar-refractivity contribution in [1.29, 1.82) is 0 Å². The number of nitrogens with zero attached hydrogens (tertiary/aromatic N) is 3. The molecule has 1 aromatic heterocycles. The molecule has 1 aromatic rings. The molecule has 2 heterocycles. The largest absolute Gasteiger partial charge is 0.296 e. The van der Waals surface area contributed by atoms with Crippen LogP contribution in [-0.2, 0) is 0 Å². The minimum absolute atomic E-state index is 0.444. The van der Waals surface area contributed by atoms with Crippen molar-refractivity contribution in [2.45, 2.75) is 25.8 Å². The van der Waals surface area contributed by atoms with Crippen LogP contribution in [0.4, 0.5) is 0 Å². The van der Waals surface area contributed by atoms with E-state index in [4.69, 9.17) is 0 Å². The summed E-state index contributed by atoms with van der Waals surface area (Å²) in [4.78, 5) is 11.1. The molecule has 1 atom stereocenters. The highest BCUT2D eigenvalue weighted by Gasteiger charge is 2.24. The molecule has 0 N–H and O–H groups in total. The Kier molecular flexibility index (Phi) is 2.27. The van der Waals surface area contributed by atoms with E-state index in [9.17, 15) is 0 Å². The monoisotopic (exact) mass is 177 g/mol. The van der Waals surface area contributed by atoms with Gasteiger partial charge in [0, 0.05) is 11.9 Å². The van der Waals surface area contributed by atoms with Crippen molar-refractivity contribution >= 4 is 0 Å². The third kappa shape index (κ3) is 1.70. The van der Waals surface area contributed by atoms with Crippen molar-refractivity contribution in [1.82, 2.24) is 14.9 Å². The molecule has 3 heteroatoms. The summed E-state index contributed by atoms with van der Waals surface area (Å²) in [5.74, 6) is 0.986. The molecular formula is C10H15N3. The topological polar surface area (TPSA) is 29.0 Å². The van der Waals surface area contributed by atoms with E-state index in [2.05, 4.69) is 21.9 Å². The molecule has 1 saturated heterocycles. The molecule has 3 nitrogen and oxygen atoms in total. The lowest BCUT2D eigenvalue weighted by atomic mass is 10.2. The summed E-state index contributed by atoms with van der Waals surface area (Å²) in [6.45, 7) is 3.18. The van der Waals surface area contributed by atoms with Crippen molar-refractivity contribution in [3.8, 4) is 0 Å². The van der Waals surface area contributed by atoms with Crippen LogP contribution in [0.1, 0.15) is 30.4 Å². The summed E-state index contributed by atoms with van der Waals surface area (Å²) >= 11 is 0. The zero-order chi connectivity index (χ0) is 9.26. The Morgan fingerprint density at radius 1 is 1.54 bits per heavy atom. The summed E-state index contributed by atoms with van der Waals surface area (Å²) in [5, 5.41) is 0. The molecule has 2 rings (SSSR count). The van der Waals surface area contributed by atoms with E-state index in [1.807, 2.05) is 19.2 Å². The maximum Gasteiger partial charge on any atom is 0.145 e. The second kappa shape index (κ2) is 3.42. The summed E-state index contributed by atoms with van der Waals surface area (Å²) in [5.41, 5.74) is 1.06. The van der Waals surface area contributed by atoms with Crippen LogP contribution in [0.15, 0.2) is 12.3 Å². The van der Waals surface area contributed by atoms with E-state index in [1.165, 1.54) is 19.4 Å². The van der Waals surface area contributed by atoms with Gasteiger partial charge in [0.15, 0.2) is 0 Å². The maximum atomic E-state index is 4.45. The van der Waals surface area contributed by atoms with Gasteiger partial charge in [-0.25, -0.2) is 9.97 Å². The number of hydrogen-bond acceptors (Lipinski definition) is 3. The van der Waals surface area contributed by atoms with Gasteiger partial charge in [-0.15, -0.1) is 0 Å². The molecule has 13 heavy (non-hydrogen) atoms. The third-order valence-corrected chi connectivity index (χ3v) is 2.63. The van der Waals surface area contributed by atoms with Gasteiger partial charge < -0.3 is 0 Å². The van der Waals surface area contributed by atoms with Gasteiger partial charge >= 0.3 is 0 Å². The highest BCUT2D eigenvalue weighted by molar-refractivity contribution is 5.04. The van der Waals surface area contributed by atoms with Crippen molar-refractivity contribution in [2.75, 3.05) is 13.6 Å². The van der Waals surface area contributed by atoms with Gasteiger partial charge in [0.2, 0.25) is 0 Å². The Morgan fingerprint density at radius 2 is 2.38 bits per heavy atom. The highest BCUT2D eigenvalue weighted by atomic mass is 15.2. The Morgan fingerprint density at radius 3 is 3.00 bits per heavy atom. The maximum absolute atomic E-state index is 4.45. The van der Waals surface area contributed by atoms with Crippen LogP contribution in [0.2, 0.25) is 0 Å². The zero-order valence-corrected chi connectivity index (χ0v) is 8.20. The van der Waals surface area contributed by atoms with Gasteiger partial charge in [-0.1, -0.05) is 0 Å². The van der Waals surface area contributed by atoms with E-state index in [1.54, 1.807) is 0 Å². The van der Waals surface area contributed by atoms with Crippen molar-refractivity contribution in [3.05, 3.63) is 23.8 Å². The zero-order valence-electron chi connectivity index (χ0n) is 8.20. The fourth-order valence-corrected chi connectivity index (χ4v) is 1.87. The second-order valence-electron chi connectivity index (χ2n) is 3.69. The highest BCUT2D eigenvalue weighted by Crippen LogP contribution is 2.27. The van der Waals surface area contributed by atoms with Crippen molar-refractivity contribution in [3.63, 3.8) is 0 Å². The fraction of sp³-hybridized carbons (Fsp3) is 0.600. The van der Waals surface area contributed by atoms with E-state index >= 15 is 0 Å². The smallest absolute Gasteiger partial charge is 0.145 e. The fourth-order valence-electron chi connectivity index (χ4n) is 1.87. The molecule has 0 spiro atoms. The Bertz CT molecular complexity index is 298. The predicted molar refractivity (Wildman–Crippen MR) is 51.4 cm³/mol. The molecule has 70 valence electrons. The van der Waals surface area contributed by atoms with Gasteiger partial charge in [-0.2, -0.15) is 0 Å². The first kappa shape index (κ1) is 8.63. The van der Waals surface area contributed by atoms with Crippen LogP contribution in [0.3, 0.4) is 0 Å². The van der Waals surface area contributed by atoms with Gasteiger partial charge in [0.05, 0.1) is 6.04 Å². The summed E-state index contributed by atoms with van der Waals surface area (Å²) in [6.07, 6.45) is 4.31. The molecule has 0 radical (unpaired) electrons. The lowest BCUT2D eigenvalue weighted by molar-refractivity contribution is 0.305. The van der Waals surface area contributed by atoms with Gasteiger partial charge in [-0.05, 0) is 39.4 Å². The number of aryl methyl sites for hydroxylation is 1. The first-order valence-corrected chi connectivity index (χ1v) is 4.77. The first-order chi connectivity index (χ1) is 6.27. The molecule has 0 aromatic carbocycles. The van der Waals surface area contributed by atoms with Crippen molar-refractivity contribution in [2.24, 2.45) is 0 Å². The van der Waals surface area contributed by atoms with E-state index in [-0.39, 0.29) is 0 Å². The lowest BCUT2D eigenvalue weighted by Gasteiger charge is -2.17. The minimum atomic E-state index is 0.444. The molecule has 1 aliphatic heterocycles. The second-order valence-corrected chi connectivity index (χ2v) is 3.69. The quantitative estimate of drug-likeness (QED) is 0.651. The van der Waals surface area contributed by atoms with Crippen LogP contribution < -0.4 is 0 Å². The van der Waals surface area contributed by atoms with Crippen LogP contribution in [0.25, 0.3) is 0 Å². The molecule has 0 saturated carbocycles. The number of aromatic nitrogens is 2. The average molecular weight is 177 g/mol. The number of hydrogen-bond donors (Lipinski definition) is 0. The van der Waals surface area contributed by atoms with Crippen LogP contribution in [0.5, 0.6) is 0 Å². The predicted octanol–water partition coefficient (Wildman–Crippen LogP) is 1.55. The lowest BCUT2D eigenvalue weighted by Crippen LogP contribution is -2.19. The average Bonchev–Trinajstić information content (AvgIpc) is 2.51. The Hall–Kier alpha value is -0.960. The van der Waals surface area contributed by atoms with Gasteiger partial charge in [-0.3, -0.25) is 4.90 Å². The molecule has 0 aliphatic carbocycles. The summed E-state index contributed by atoms with van der Waals surface area (Å²) in [6, 6.07) is 2.39. The third-order valence-electron chi connectivity index (χ3n) is 2.63. The summed E-state index contributed by atoms with van der Waals surface area (Å²) in [7, 11) is 2.14. The first-order valence-electron chi connectivity index (χ1n) is 4.77. The van der Waals surface area contributed by atoms with Crippen LogP contribution in [0, 0.1) is 6.92 Å². The van der Waals surface area contributed by atoms with E-state index in [0.717, 1.165) is 11.5 Å². The molecule has 1 aliphatic rings. The standard InChI is InChI=1S/C10H15N3/c1-8-5-6-11-10(12-8)9-4-3-7-13(9)2/h5-6,9H,3-4,7H2,1-2H3.